The Balaban J connectivity index is 2.13. The molecule has 1 aromatic carbocycles. The maximum absolute atomic E-state index is 13.7. The SMILES string of the molecule is CC[Si](CC)(CC)OC(CNCC1CCC(C)(C)CC1)c1c(Cl)cc(F)cc1Cl. The topological polar surface area (TPSA) is 21.3 Å². The monoisotopic (exact) mass is 461 g/mol. The zero-order valence-electron chi connectivity index (χ0n) is 18.7. The van der Waals surface area contributed by atoms with Gasteiger partial charge in [0.2, 0.25) is 0 Å². The summed E-state index contributed by atoms with van der Waals surface area (Å²) in [6.07, 6.45) is 4.85. The van der Waals surface area contributed by atoms with Gasteiger partial charge in [-0.1, -0.05) is 57.8 Å². The summed E-state index contributed by atoms with van der Waals surface area (Å²) in [6.45, 7) is 13.0. The van der Waals surface area contributed by atoms with E-state index in [1.54, 1.807) is 0 Å². The van der Waals surface area contributed by atoms with Gasteiger partial charge in [-0.25, -0.2) is 4.39 Å². The number of rotatable bonds is 10. The molecular formula is C23H38Cl2FNOSi. The normalized spacial score (nSPS) is 18.8. The lowest BCUT2D eigenvalue weighted by atomic mass is 9.73. The maximum Gasteiger partial charge on any atom is 0.192 e. The van der Waals surface area contributed by atoms with Gasteiger partial charge >= 0.3 is 0 Å². The van der Waals surface area contributed by atoms with E-state index in [4.69, 9.17) is 27.6 Å². The Morgan fingerprint density at radius 3 is 2.10 bits per heavy atom. The van der Waals surface area contributed by atoms with E-state index in [0.29, 0.717) is 27.9 Å². The van der Waals surface area contributed by atoms with Crippen LogP contribution in [-0.4, -0.2) is 21.4 Å². The van der Waals surface area contributed by atoms with E-state index in [-0.39, 0.29) is 6.10 Å². The Morgan fingerprint density at radius 2 is 1.62 bits per heavy atom. The van der Waals surface area contributed by atoms with E-state index < -0.39 is 14.1 Å². The number of hydrogen-bond donors (Lipinski definition) is 1. The Bertz CT molecular complexity index is 625. The Morgan fingerprint density at radius 1 is 1.10 bits per heavy atom. The molecule has 1 aliphatic carbocycles. The van der Waals surface area contributed by atoms with Crippen molar-refractivity contribution >= 4 is 31.5 Å². The van der Waals surface area contributed by atoms with E-state index in [1.807, 2.05) is 0 Å². The van der Waals surface area contributed by atoms with E-state index in [2.05, 4.69) is 39.9 Å². The van der Waals surface area contributed by atoms with Crippen molar-refractivity contribution in [2.75, 3.05) is 13.1 Å². The second-order valence-corrected chi connectivity index (χ2v) is 14.9. The predicted octanol–water partition coefficient (Wildman–Crippen LogP) is 8.00. The smallest absolute Gasteiger partial charge is 0.192 e. The molecule has 0 spiro atoms. The van der Waals surface area contributed by atoms with Gasteiger partial charge in [0.1, 0.15) is 5.82 Å². The first-order chi connectivity index (χ1) is 13.6. The highest BCUT2D eigenvalue weighted by atomic mass is 35.5. The summed E-state index contributed by atoms with van der Waals surface area (Å²) in [5.74, 6) is 0.290. The molecule has 1 aliphatic rings. The Kier molecular flexibility index (Phi) is 9.49. The van der Waals surface area contributed by atoms with Gasteiger partial charge in [0.15, 0.2) is 8.32 Å². The summed E-state index contributed by atoms with van der Waals surface area (Å²) >= 11 is 12.9. The third-order valence-electron chi connectivity index (χ3n) is 6.91. The van der Waals surface area contributed by atoms with Crippen molar-refractivity contribution in [3.8, 4) is 0 Å². The maximum atomic E-state index is 13.7. The molecule has 166 valence electrons. The van der Waals surface area contributed by atoms with Crippen molar-refractivity contribution < 1.29 is 8.82 Å². The van der Waals surface area contributed by atoms with Gasteiger partial charge in [-0.05, 0) is 73.8 Å². The summed E-state index contributed by atoms with van der Waals surface area (Å²) in [6, 6.07) is 5.82. The van der Waals surface area contributed by atoms with E-state index >= 15 is 0 Å². The van der Waals surface area contributed by atoms with Crippen LogP contribution in [0.15, 0.2) is 12.1 Å². The standard InChI is InChI=1S/C23H38Cl2FNOSi/c1-6-29(7-2,8-3)28-21(22-19(24)13-18(26)14-20(22)25)16-27-15-17-9-11-23(4,5)12-10-17/h13-14,17,21,27H,6-12,15-16H2,1-5H3. The fourth-order valence-electron chi connectivity index (χ4n) is 4.45. The lowest BCUT2D eigenvalue weighted by Crippen LogP contribution is -2.40. The molecule has 1 unspecified atom stereocenters. The summed E-state index contributed by atoms with van der Waals surface area (Å²) in [4.78, 5) is 0. The first-order valence-corrected chi connectivity index (χ1v) is 14.5. The van der Waals surface area contributed by atoms with Crippen LogP contribution >= 0.6 is 23.2 Å². The third kappa shape index (κ3) is 6.93. The average Bonchev–Trinajstić information content (AvgIpc) is 2.66. The van der Waals surface area contributed by atoms with Crippen LogP contribution in [0.1, 0.15) is 72.0 Å². The molecule has 29 heavy (non-hydrogen) atoms. The zero-order valence-corrected chi connectivity index (χ0v) is 21.2. The van der Waals surface area contributed by atoms with E-state index in [1.165, 1.54) is 37.8 Å². The zero-order chi connectivity index (χ0) is 21.7. The number of hydrogen-bond acceptors (Lipinski definition) is 2. The summed E-state index contributed by atoms with van der Waals surface area (Å²) < 4.78 is 20.5. The molecule has 0 radical (unpaired) electrons. The predicted molar refractivity (Wildman–Crippen MR) is 126 cm³/mol. The molecule has 6 heteroatoms. The molecule has 0 aliphatic heterocycles. The van der Waals surface area contributed by atoms with Gasteiger partial charge in [-0.3, -0.25) is 0 Å². The van der Waals surface area contributed by atoms with Crippen LogP contribution in [0.4, 0.5) is 4.39 Å². The highest BCUT2D eigenvalue weighted by molar-refractivity contribution is 6.73. The average molecular weight is 463 g/mol. The van der Waals surface area contributed by atoms with Crippen LogP contribution in [0, 0.1) is 17.2 Å². The molecule has 1 fully saturated rings. The lowest BCUT2D eigenvalue weighted by Gasteiger charge is -2.36. The van der Waals surface area contributed by atoms with Crippen molar-refractivity contribution in [1.82, 2.24) is 5.32 Å². The first kappa shape index (κ1) is 25.1. The molecule has 1 aromatic rings. The van der Waals surface area contributed by atoms with Crippen molar-refractivity contribution in [3.05, 3.63) is 33.6 Å². The number of nitrogens with one attached hydrogen (secondary N) is 1. The van der Waals surface area contributed by atoms with Crippen molar-refractivity contribution in [2.24, 2.45) is 11.3 Å². The second kappa shape index (κ2) is 10.9. The number of halogens is 3. The fraction of sp³-hybridized carbons (Fsp3) is 0.739. The van der Waals surface area contributed by atoms with Crippen molar-refractivity contribution in [1.29, 1.82) is 0 Å². The lowest BCUT2D eigenvalue weighted by molar-refractivity contribution is 0.167. The Labute approximate surface area is 188 Å². The Hall–Kier alpha value is -0.133. The number of benzene rings is 1. The van der Waals surface area contributed by atoms with Crippen LogP contribution in [0.3, 0.4) is 0 Å². The van der Waals surface area contributed by atoms with Crippen LogP contribution in [0.2, 0.25) is 28.2 Å². The molecule has 1 atom stereocenters. The van der Waals surface area contributed by atoms with Gasteiger partial charge in [0.25, 0.3) is 0 Å². The van der Waals surface area contributed by atoms with E-state index in [9.17, 15) is 4.39 Å². The molecule has 0 bridgehead atoms. The molecule has 1 saturated carbocycles. The minimum absolute atomic E-state index is 0.248. The first-order valence-electron chi connectivity index (χ1n) is 11.2. The van der Waals surface area contributed by atoms with Gasteiger partial charge in [0, 0.05) is 12.1 Å². The van der Waals surface area contributed by atoms with Gasteiger partial charge < -0.3 is 9.74 Å². The summed E-state index contributed by atoms with van der Waals surface area (Å²) in [7, 11) is -1.88. The summed E-state index contributed by atoms with van der Waals surface area (Å²) in [5, 5.41) is 4.34. The fourth-order valence-corrected chi connectivity index (χ4v) is 7.96. The quantitative estimate of drug-likeness (QED) is 0.356. The van der Waals surface area contributed by atoms with Crippen molar-refractivity contribution in [2.45, 2.75) is 84.5 Å². The van der Waals surface area contributed by atoms with Gasteiger partial charge in [-0.15, -0.1) is 0 Å². The molecule has 2 rings (SSSR count). The molecule has 0 saturated heterocycles. The minimum atomic E-state index is -1.88. The molecule has 1 N–H and O–H groups in total. The highest BCUT2D eigenvalue weighted by Crippen LogP contribution is 2.39. The summed E-state index contributed by atoms with van der Waals surface area (Å²) in [5.41, 5.74) is 1.20. The second-order valence-electron chi connectivity index (χ2n) is 9.40. The van der Waals surface area contributed by atoms with Crippen LogP contribution in [0.25, 0.3) is 0 Å². The van der Waals surface area contributed by atoms with Gasteiger partial charge in [0.05, 0.1) is 16.1 Å². The van der Waals surface area contributed by atoms with Crippen LogP contribution in [0.5, 0.6) is 0 Å². The molecule has 2 nitrogen and oxygen atoms in total. The minimum Gasteiger partial charge on any atom is -0.409 e. The van der Waals surface area contributed by atoms with E-state index in [0.717, 1.165) is 30.2 Å². The highest BCUT2D eigenvalue weighted by Gasteiger charge is 2.34. The van der Waals surface area contributed by atoms with Gasteiger partial charge in [-0.2, -0.15) is 0 Å². The van der Waals surface area contributed by atoms with Crippen LogP contribution in [-0.2, 0) is 4.43 Å². The molecule has 0 heterocycles. The third-order valence-corrected chi connectivity index (χ3v) is 12.2. The van der Waals surface area contributed by atoms with Crippen LogP contribution < -0.4 is 5.32 Å². The molecule has 0 aromatic heterocycles. The largest absolute Gasteiger partial charge is 0.409 e. The molecule has 0 amide bonds. The van der Waals surface area contributed by atoms with Crippen molar-refractivity contribution in [3.63, 3.8) is 0 Å². The molecular weight excluding hydrogens is 424 g/mol.